The zero-order valence-electron chi connectivity index (χ0n) is 10.1. The molecule has 2 nitrogen and oxygen atoms in total. The quantitative estimate of drug-likeness (QED) is 0.734. The van der Waals surface area contributed by atoms with Gasteiger partial charge in [0.25, 0.3) is 0 Å². The van der Waals surface area contributed by atoms with Crippen LogP contribution in [0.15, 0.2) is 0 Å². The van der Waals surface area contributed by atoms with Gasteiger partial charge in [0.2, 0.25) is 0 Å². The van der Waals surface area contributed by atoms with Gasteiger partial charge in [0.1, 0.15) is 0 Å². The molecule has 0 spiro atoms. The lowest BCUT2D eigenvalue weighted by atomic mass is 9.85. The number of hydrogen-bond donors (Lipinski definition) is 1. The van der Waals surface area contributed by atoms with E-state index in [4.69, 9.17) is 5.73 Å². The minimum atomic E-state index is 0.341. The molecule has 0 aromatic carbocycles. The summed E-state index contributed by atoms with van der Waals surface area (Å²) >= 11 is 0. The molecule has 0 aromatic rings. The lowest BCUT2D eigenvalue weighted by Crippen LogP contribution is -2.42. The van der Waals surface area contributed by atoms with E-state index < -0.39 is 0 Å². The summed E-state index contributed by atoms with van der Waals surface area (Å²) in [6.45, 7) is 10.2. The summed E-state index contributed by atoms with van der Waals surface area (Å²) < 4.78 is 0. The van der Waals surface area contributed by atoms with Crippen LogP contribution in [0.5, 0.6) is 0 Å². The third kappa shape index (κ3) is 2.96. The molecule has 0 aromatic heterocycles. The second-order valence-corrected chi connectivity index (χ2v) is 5.23. The van der Waals surface area contributed by atoms with Gasteiger partial charge in [0.15, 0.2) is 0 Å². The summed E-state index contributed by atoms with van der Waals surface area (Å²) in [6, 6.07) is 0.776. The van der Waals surface area contributed by atoms with Crippen LogP contribution < -0.4 is 5.73 Å². The first kappa shape index (κ1) is 12.0. The maximum absolute atomic E-state index is 5.89. The molecule has 1 aliphatic heterocycles. The van der Waals surface area contributed by atoms with Crippen LogP contribution in [-0.4, -0.2) is 30.6 Å². The van der Waals surface area contributed by atoms with Crippen molar-refractivity contribution < 1.29 is 0 Å². The van der Waals surface area contributed by atoms with Crippen LogP contribution in [0.1, 0.15) is 46.5 Å². The predicted octanol–water partition coefficient (Wildman–Crippen LogP) is 2.24. The van der Waals surface area contributed by atoms with E-state index in [1.165, 1.54) is 38.8 Å². The van der Waals surface area contributed by atoms with Gasteiger partial charge in [-0.3, -0.25) is 0 Å². The smallest absolute Gasteiger partial charge is 0.00676 e. The van der Waals surface area contributed by atoms with E-state index in [0.717, 1.165) is 12.6 Å². The van der Waals surface area contributed by atoms with Gasteiger partial charge in [0.05, 0.1) is 0 Å². The average Bonchev–Trinajstić information content (AvgIpc) is 2.52. The second kappa shape index (κ2) is 5.13. The van der Waals surface area contributed by atoms with Crippen LogP contribution in [0.2, 0.25) is 0 Å². The highest BCUT2D eigenvalue weighted by molar-refractivity contribution is 4.84. The Labute approximate surface area is 88.8 Å². The van der Waals surface area contributed by atoms with E-state index in [0.29, 0.717) is 5.41 Å². The van der Waals surface area contributed by atoms with Crippen molar-refractivity contribution in [3.63, 3.8) is 0 Å². The summed E-state index contributed by atoms with van der Waals surface area (Å²) in [5.41, 5.74) is 6.23. The Bertz CT molecular complexity index is 170. The molecule has 0 amide bonds. The van der Waals surface area contributed by atoms with E-state index in [2.05, 4.69) is 25.7 Å². The average molecular weight is 198 g/mol. The molecule has 0 aliphatic carbocycles. The van der Waals surface area contributed by atoms with Crippen LogP contribution in [0.3, 0.4) is 0 Å². The molecule has 1 heterocycles. The maximum atomic E-state index is 5.89. The molecule has 14 heavy (non-hydrogen) atoms. The van der Waals surface area contributed by atoms with Crippen molar-refractivity contribution in [2.24, 2.45) is 11.1 Å². The monoisotopic (exact) mass is 198 g/mol. The van der Waals surface area contributed by atoms with Crippen LogP contribution >= 0.6 is 0 Å². The van der Waals surface area contributed by atoms with Gasteiger partial charge in [-0.2, -0.15) is 0 Å². The molecule has 0 bridgehead atoms. The molecular formula is C12H26N2. The Kier molecular flexibility index (Phi) is 4.39. The summed E-state index contributed by atoms with van der Waals surface area (Å²) in [5, 5.41) is 0. The summed E-state index contributed by atoms with van der Waals surface area (Å²) in [5.74, 6) is 0. The first-order valence-corrected chi connectivity index (χ1v) is 6.05. The molecule has 2 atom stereocenters. The Morgan fingerprint density at radius 2 is 2.21 bits per heavy atom. The molecule has 1 saturated heterocycles. The minimum absolute atomic E-state index is 0.341. The molecule has 1 aliphatic rings. The highest BCUT2D eigenvalue weighted by Gasteiger charge is 2.29. The zero-order chi connectivity index (χ0) is 10.6. The van der Waals surface area contributed by atoms with E-state index in [9.17, 15) is 0 Å². The van der Waals surface area contributed by atoms with Gasteiger partial charge < -0.3 is 10.6 Å². The Balaban J connectivity index is 2.46. The number of likely N-dealkylation sites (tertiary alicyclic amines) is 1. The fourth-order valence-electron chi connectivity index (χ4n) is 2.57. The largest absolute Gasteiger partial charge is 0.330 e. The van der Waals surface area contributed by atoms with Gasteiger partial charge in [0, 0.05) is 12.6 Å². The Morgan fingerprint density at radius 3 is 2.64 bits per heavy atom. The summed E-state index contributed by atoms with van der Waals surface area (Å²) in [7, 11) is 0. The van der Waals surface area contributed by atoms with Gasteiger partial charge >= 0.3 is 0 Å². The van der Waals surface area contributed by atoms with Gasteiger partial charge in [-0.25, -0.2) is 0 Å². The molecule has 2 N–H and O–H groups in total. The summed E-state index contributed by atoms with van der Waals surface area (Å²) in [4.78, 5) is 2.61. The topological polar surface area (TPSA) is 29.3 Å². The molecule has 1 fully saturated rings. The van der Waals surface area contributed by atoms with Crippen LogP contribution in [0.4, 0.5) is 0 Å². The van der Waals surface area contributed by atoms with Crippen molar-refractivity contribution in [1.82, 2.24) is 4.90 Å². The summed E-state index contributed by atoms with van der Waals surface area (Å²) in [6.07, 6.45) is 5.24. The normalized spacial score (nSPS) is 27.9. The van der Waals surface area contributed by atoms with Gasteiger partial charge in [-0.1, -0.05) is 20.3 Å². The fourth-order valence-corrected chi connectivity index (χ4v) is 2.57. The lowest BCUT2D eigenvalue weighted by Gasteiger charge is -2.34. The molecule has 2 heteroatoms. The van der Waals surface area contributed by atoms with Gasteiger partial charge in [-0.05, 0) is 44.7 Å². The number of nitrogens with two attached hydrogens (primary N) is 1. The minimum Gasteiger partial charge on any atom is -0.330 e. The van der Waals surface area contributed by atoms with Crippen LogP contribution in [-0.2, 0) is 0 Å². The molecule has 0 radical (unpaired) electrons. The van der Waals surface area contributed by atoms with Crippen LogP contribution in [0.25, 0.3) is 0 Å². The highest BCUT2D eigenvalue weighted by atomic mass is 15.2. The lowest BCUT2D eigenvalue weighted by molar-refractivity contribution is 0.154. The Morgan fingerprint density at radius 1 is 1.50 bits per heavy atom. The maximum Gasteiger partial charge on any atom is 0.00676 e. The van der Waals surface area contributed by atoms with Crippen molar-refractivity contribution in [1.29, 1.82) is 0 Å². The third-order valence-electron chi connectivity index (χ3n) is 3.62. The van der Waals surface area contributed by atoms with Crippen molar-refractivity contribution in [3.8, 4) is 0 Å². The van der Waals surface area contributed by atoms with Crippen molar-refractivity contribution >= 4 is 0 Å². The molecule has 84 valence electrons. The SMILES string of the molecule is CCCC(C)(CN)CN1CCCC1C. The highest BCUT2D eigenvalue weighted by Crippen LogP contribution is 2.27. The van der Waals surface area contributed by atoms with E-state index >= 15 is 0 Å². The molecule has 0 saturated carbocycles. The zero-order valence-corrected chi connectivity index (χ0v) is 10.1. The van der Waals surface area contributed by atoms with Crippen molar-refractivity contribution in [2.75, 3.05) is 19.6 Å². The second-order valence-electron chi connectivity index (χ2n) is 5.23. The molecular weight excluding hydrogens is 172 g/mol. The number of hydrogen-bond acceptors (Lipinski definition) is 2. The third-order valence-corrected chi connectivity index (χ3v) is 3.62. The van der Waals surface area contributed by atoms with Crippen LogP contribution in [0, 0.1) is 5.41 Å². The van der Waals surface area contributed by atoms with E-state index in [-0.39, 0.29) is 0 Å². The Hall–Kier alpha value is -0.0800. The predicted molar refractivity (Wildman–Crippen MR) is 62.3 cm³/mol. The standard InChI is InChI=1S/C12H26N2/c1-4-7-12(3,9-13)10-14-8-5-6-11(14)2/h11H,4-10,13H2,1-3H3. The van der Waals surface area contributed by atoms with Crippen molar-refractivity contribution in [2.45, 2.75) is 52.5 Å². The van der Waals surface area contributed by atoms with Crippen molar-refractivity contribution in [3.05, 3.63) is 0 Å². The van der Waals surface area contributed by atoms with E-state index in [1.54, 1.807) is 0 Å². The first-order valence-electron chi connectivity index (χ1n) is 6.05. The molecule has 2 unspecified atom stereocenters. The number of nitrogens with zero attached hydrogens (tertiary/aromatic N) is 1. The van der Waals surface area contributed by atoms with Gasteiger partial charge in [-0.15, -0.1) is 0 Å². The fraction of sp³-hybridized carbons (Fsp3) is 1.00. The number of rotatable bonds is 5. The molecule has 1 rings (SSSR count). The first-order chi connectivity index (χ1) is 6.61. The van der Waals surface area contributed by atoms with E-state index in [1.807, 2.05) is 0 Å².